The first-order valence-corrected chi connectivity index (χ1v) is 10.0. The van der Waals surface area contributed by atoms with Gasteiger partial charge in [0.15, 0.2) is 6.10 Å². The number of hydrogen-bond acceptors (Lipinski definition) is 6. The highest BCUT2D eigenvalue weighted by molar-refractivity contribution is 5.84. The van der Waals surface area contributed by atoms with E-state index in [0.29, 0.717) is 0 Å². The molecule has 2 aromatic rings. The molecule has 0 unspecified atom stereocenters. The van der Waals surface area contributed by atoms with Gasteiger partial charge in [0.05, 0.1) is 0 Å². The van der Waals surface area contributed by atoms with E-state index in [1.54, 1.807) is 0 Å². The second-order valence-corrected chi connectivity index (χ2v) is 7.19. The monoisotopic (exact) mass is 423 g/mol. The highest BCUT2D eigenvalue weighted by atomic mass is 16.6. The molecule has 0 spiro atoms. The Morgan fingerprint density at radius 1 is 0.968 bits per heavy atom. The molecule has 0 radical (unpaired) electrons. The van der Waals surface area contributed by atoms with Gasteiger partial charge in [-0.2, -0.15) is 0 Å². The summed E-state index contributed by atoms with van der Waals surface area (Å²) in [5.74, 6) is -1.54. The molecule has 1 aliphatic rings. The Morgan fingerprint density at radius 2 is 1.55 bits per heavy atom. The molecule has 0 fully saturated rings. The van der Waals surface area contributed by atoms with E-state index in [1.807, 2.05) is 48.5 Å². The quantitative estimate of drug-likeness (QED) is 0.397. The van der Waals surface area contributed by atoms with Crippen LogP contribution in [0.2, 0.25) is 0 Å². The molecule has 3 rings (SSSR count). The Kier molecular flexibility index (Phi) is 7.07. The SMILES string of the molecule is C=CCOC(=O)[C@@H](C)OC(=O)[C@@H](C)NC(=O)OCC1c2ccccc2-c2ccccc21. The highest BCUT2D eigenvalue weighted by Crippen LogP contribution is 2.44. The predicted molar refractivity (Wildman–Crippen MR) is 114 cm³/mol. The number of esters is 2. The third-order valence-corrected chi connectivity index (χ3v) is 5.00. The van der Waals surface area contributed by atoms with Gasteiger partial charge in [0.1, 0.15) is 19.3 Å². The Morgan fingerprint density at radius 3 is 2.13 bits per heavy atom. The van der Waals surface area contributed by atoms with Gasteiger partial charge in [-0.05, 0) is 36.1 Å². The molecule has 1 N–H and O–H groups in total. The minimum absolute atomic E-state index is 0.0221. The van der Waals surface area contributed by atoms with Crippen LogP contribution in [-0.4, -0.2) is 43.4 Å². The molecule has 7 nitrogen and oxygen atoms in total. The van der Waals surface area contributed by atoms with E-state index in [2.05, 4.69) is 11.9 Å². The molecular weight excluding hydrogens is 398 g/mol. The zero-order valence-corrected chi connectivity index (χ0v) is 17.5. The number of fused-ring (bicyclic) bond motifs is 3. The van der Waals surface area contributed by atoms with Gasteiger partial charge in [0.2, 0.25) is 0 Å². The summed E-state index contributed by atoms with van der Waals surface area (Å²) in [6.45, 7) is 6.43. The Balaban J connectivity index is 1.54. The first kappa shape index (κ1) is 22.1. The van der Waals surface area contributed by atoms with Crippen molar-refractivity contribution >= 4 is 18.0 Å². The van der Waals surface area contributed by atoms with Crippen molar-refractivity contribution in [3.05, 3.63) is 72.3 Å². The van der Waals surface area contributed by atoms with E-state index in [4.69, 9.17) is 14.2 Å². The summed E-state index contributed by atoms with van der Waals surface area (Å²) in [5, 5.41) is 2.44. The minimum atomic E-state index is -1.10. The van der Waals surface area contributed by atoms with Crippen LogP contribution in [0.15, 0.2) is 61.2 Å². The zero-order chi connectivity index (χ0) is 22.4. The normalized spacial score (nSPS) is 13.9. The number of amides is 1. The Hall–Kier alpha value is -3.61. The lowest BCUT2D eigenvalue weighted by Gasteiger charge is -2.18. The highest BCUT2D eigenvalue weighted by Gasteiger charge is 2.30. The number of nitrogens with one attached hydrogen (secondary N) is 1. The van der Waals surface area contributed by atoms with E-state index in [9.17, 15) is 14.4 Å². The zero-order valence-electron chi connectivity index (χ0n) is 17.5. The van der Waals surface area contributed by atoms with Crippen molar-refractivity contribution in [3.63, 3.8) is 0 Å². The number of carbonyl (C=O) groups is 3. The second kappa shape index (κ2) is 9.93. The van der Waals surface area contributed by atoms with Gasteiger partial charge in [-0.1, -0.05) is 61.2 Å². The van der Waals surface area contributed by atoms with E-state index in [0.717, 1.165) is 22.3 Å². The van der Waals surface area contributed by atoms with Crippen LogP contribution in [0.25, 0.3) is 11.1 Å². The average Bonchev–Trinajstić information content (AvgIpc) is 3.09. The van der Waals surface area contributed by atoms with Gasteiger partial charge in [-0.3, -0.25) is 0 Å². The lowest BCUT2D eigenvalue weighted by atomic mass is 9.98. The molecule has 7 heteroatoms. The van der Waals surface area contributed by atoms with Crippen molar-refractivity contribution < 1.29 is 28.6 Å². The summed E-state index contributed by atoms with van der Waals surface area (Å²) in [6.07, 6.45) is -0.430. The first-order valence-electron chi connectivity index (χ1n) is 10.0. The second-order valence-electron chi connectivity index (χ2n) is 7.19. The Labute approximate surface area is 181 Å². The van der Waals surface area contributed by atoms with Crippen LogP contribution in [0.4, 0.5) is 4.79 Å². The molecule has 0 bridgehead atoms. The van der Waals surface area contributed by atoms with Crippen molar-refractivity contribution in [1.29, 1.82) is 0 Å². The maximum absolute atomic E-state index is 12.3. The van der Waals surface area contributed by atoms with Gasteiger partial charge < -0.3 is 19.5 Å². The number of benzene rings is 2. The summed E-state index contributed by atoms with van der Waals surface area (Å²) in [5.41, 5.74) is 4.44. The molecule has 2 atom stereocenters. The summed E-state index contributed by atoms with van der Waals surface area (Å²) in [4.78, 5) is 36.1. The maximum atomic E-state index is 12.3. The summed E-state index contributed by atoms with van der Waals surface area (Å²) in [6, 6.07) is 15.0. The van der Waals surface area contributed by atoms with Crippen molar-refractivity contribution in [2.24, 2.45) is 0 Å². The fraction of sp³-hybridized carbons (Fsp3) is 0.292. The van der Waals surface area contributed by atoms with Crippen molar-refractivity contribution in [3.8, 4) is 11.1 Å². The van der Waals surface area contributed by atoms with Crippen LogP contribution < -0.4 is 5.32 Å². The number of carbonyl (C=O) groups excluding carboxylic acids is 3. The van der Waals surface area contributed by atoms with Crippen molar-refractivity contribution in [2.75, 3.05) is 13.2 Å². The van der Waals surface area contributed by atoms with Crippen LogP contribution in [0.3, 0.4) is 0 Å². The molecule has 0 heterocycles. The number of alkyl carbamates (subject to hydrolysis) is 1. The standard InChI is InChI=1S/C24H25NO6/c1-4-13-29-23(27)16(3)31-22(26)15(2)25-24(28)30-14-21-19-11-7-5-9-17(19)18-10-6-8-12-20(18)21/h4-12,15-16,21H,1,13-14H2,2-3H3,(H,25,28)/t15-,16-/m1/s1. The molecule has 2 aromatic carbocycles. The van der Waals surface area contributed by atoms with Crippen LogP contribution in [-0.2, 0) is 23.8 Å². The molecule has 0 aromatic heterocycles. The van der Waals surface area contributed by atoms with E-state index >= 15 is 0 Å². The van der Waals surface area contributed by atoms with E-state index in [1.165, 1.54) is 19.9 Å². The largest absolute Gasteiger partial charge is 0.459 e. The summed E-state index contributed by atoms with van der Waals surface area (Å²) in [7, 11) is 0. The van der Waals surface area contributed by atoms with Gasteiger partial charge in [-0.25, -0.2) is 14.4 Å². The van der Waals surface area contributed by atoms with Crippen LogP contribution in [0.5, 0.6) is 0 Å². The number of hydrogen-bond donors (Lipinski definition) is 1. The Bertz CT molecular complexity index is 940. The number of rotatable bonds is 8. The van der Waals surface area contributed by atoms with Gasteiger partial charge in [-0.15, -0.1) is 0 Å². The first-order chi connectivity index (χ1) is 14.9. The third kappa shape index (κ3) is 5.12. The van der Waals surface area contributed by atoms with Gasteiger partial charge in [0.25, 0.3) is 0 Å². The molecule has 0 aliphatic heterocycles. The van der Waals surface area contributed by atoms with Crippen LogP contribution in [0, 0.1) is 0 Å². The lowest BCUT2D eigenvalue weighted by Crippen LogP contribution is -2.42. The van der Waals surface area contributed by atoms with Gasteiger partial charge >= 0.3 is 18.0 Å². The van der Waals surface area contributed by atoms with E-state index in [-0.39, 0.29) is 19.1 Å². The topological polar surface area (TPSA) is 90.9 Å². The van der Waals surface area contributed by atoms with Crippen LogP contribution in [0.1, 0.15) is 30.9 Å². The fourth-order valence-corrected chi connectivity index (χ4v) is 3.46. The summed E-state index contributed by atoms with van der Waals surface area (Å²) < 4.78 is 15.3. The molecule has 0 saturated heterocycles. The van der Waals surface area contributed by atoms with E-state index < -0.39 is 30.2 Å². The van der Waals surface area contributed by atoms with Crippen molar-refractivity contribution in [1.82, 2.24) is 5.32 Å². The summed E-state index contributed by atoms with van der Waals surface area (Å²) >= 11 is 0. The number of ether oxygens (including phenoxy) is 3. The van der Waals surface area contributed by atoms with Crippen molar-refractivity contribution in [2.45, 2.75) is 31.9 Å². The lowest BCUT2D eigenvalue weighted by molar-refractivity contribution is -0.166. The molecule has 31 heavy (non-hydrogen) atoms. The molecule has 1 amide bonds. The average molecular weight is 423 g/mol. The third-order valence-electron chi connectivity index (χ3n) is 5.00. The molecule has 162 valence electrons. The molecule has 0 saturated carbocycles. The van der Waals surface area contributed by atoms with Crippen LogP contribution >= 0.6 is 0 Å². The van der Waals surface area contributed by atoms with Gasteiger partial charge in [0, 0.05) is 5.92 Å². The molecule has 1 aliphatic carbocycles. The minimum Gasteiger partial charge on any atom is -0.459 e. The maximum Gasteiger partial charge on any atom is 0.407 e. The predicted octanol–water partition coefficient (Wildman–Crippen LogP) is 3.57. The smallest absolute Gasteiger partial charge is 0.407 e. The molecular formula is C24H25NO6. The fourth-order valence-electron chi connectivity index (χ4n) is 3.46.